The van der Waals surface area contributed by atoms with E-state index in [0.717, 1.165) is 25.3 Å². The van der Waals surface area contributed by atoms with Crippen LogP contribution in [0.5, 0.6) is 0 Å². The number of fused-ring (bicyclic) bond motifs is 2. The maximum atomic E-state index is 13.2. The SMILES string of the molecule is C[C@@H](OC(=O)C1C[C@H]2CCC[C@@H](C1)C2=O)C(=O)Nc1ccc(F)c(Cl)c1. The first-order valence-electron chi connectivity index (χ1n) is 8.85. The minimum atomic E-state index is -0.996. The third kappa shape index (κ3) is 4.06. The van der Waals surface area contributed by atoms with Crippen LogP contribution in [-0.4, -0.2) is 23.8 Å². The molecule has 0 aromatic heterocycles. The Morgan fingerprint density at radius 3 is 2.54 bits per heavy atom. The van der Waals surface area contributed by atoms with Crippen molar-refractivity contribution in [2.45, 2.75) is 45.1 Å². The number of rotatable bonds is 4. The van der Waals surface area contributed by atoms with Gasteiger partial charge in [-0.15, -0.1) is 0 Å². The molecule has 4 atom stereocenters. The Kier molecular flexibility index (Phi) is 5.61. The van der Waals surface area contributed by atoms with Gasteiger partial charge >= 0.3 is 5.97 Å². The smallest absolute Gasteiger partial charge is 0.309 e. The lowest BCUT2D eigenvalue weighted by Gasteiger charge is -2.36. The Labute approximate surface area is 156 Å². The fourth-order valence-electron chi connectivity index (χ4n) is 3.81. The van der Waals surface area contributed by atoms with Crippen LogP contribution in [0, 0.1) is 23.6 Å². The molecule has 26 heavy (non-hydrogen) atoms. The number of amides is 1. The number of halogens is 2. The minimum absolute atomic E-state index is 0.0504. The summed E-state index contributed by atoms with van der Waals surface area (Å²) in [5.74, 6) is -1.70. The van der Waals surface area contributed by atoms with Crippen molar-refractivity contribution < 1.29 is 23.5 Å². The molecule has 2 aliphatic rings. The van der Waals surface area contributed by atoms with Gasteiger partial charge in [0.1, 0.15) is 11.6 Å². The summed E-state index contributed by atoms with van der Waals surface area (Å²) < 4.78 is 18.5. The van der Waals surface area contributed by atoms with Crippen molar-refractivity contribution in [1.29, 1.82) is 0 Å². The van der Waals surface area contributed by atoms with Gasteiger partial charge in [-0.2, -0.15) is 0 Å². The number of benzene rings is 1. The molecule has 2 fully saturated rings. The summed E-state index contributed by atoms with van der Waals surface area (Å²) >= 11 is 5.68. The van der Waals surface area contributed by atoms with E-state index in [1.165, 1.54) is 19.1 Å². The maximum Gasteiger partial charge on any atom is 0.309 e. The summed E-state index contributed by atoms with van der Waals surface area (Å²) in [6.45, 7) is 1.48. The number of ether oxygens (including phenoxy) is 1. The van der Waals surface area contributed by atoms with Crippen molar-refractivity contribution in [2.24, 2.45) is 17.8 Å². The van der Waals surface area contributed by atoms with Crippen LogP contribution in [0.1, 0.15) is 39.0 Å². The number of ketones is 1. The maximum absolute atomic E-state index is 13.2. The van der Waals surface area contributed by atoms with Crippen LogP contribution in [-0.2, 0) is 19.1 Å². The molecule has 3 rings (SSSR count). The highest BCUT2D eigenvalue weighted by molar-refractivity contribution is 6.31. The molecule has 0 heterocycles. The molecule has 1 unspecified atom stereocenters. The molecule has 2 saturated carbocycles. The monoisotopic (exact) mass is 381 g/mol. The second kappa shape index (κ2) is 7.74. The average molecular weight is 382 g/mol. The third-order valence-electron chi connectivity index (χ3n) is 5.23. The highest BCUT2D eigenvalue weighted by atomic mass is 35.5. The van der Waals surface area contributed by atoms with E-state index < -0.39 is 23.8 Å². The van der Waals surface area contributed by atoms with Crippen LogP contribution in [0.4, 0.5) is 10.1 Å². The van der Waals surface area contributed by atoms with Crippen molar-refractivity contribution in [3.8, 4) is 0 Å². The minimum Gasteiger partial charge on any atom is -0.452 e. The van der Waals surface area contributed by atoms with Crippen LogP contribution in [0.2, 0.25) is 5.02 Å². The van der Waals surface area contributed by atoms with E-state index in [2.05, 4.69) is 5.32 Å². The highest BCUT2D eigenvalue weighted by Crippen LogP contribution is 2.40. The molecule has 0 aliphatic heterocycles. The molecule has 1 aromatic carbocycles. The lowest BCUT2D eigenvalue weighted by atomic mass is 9.67. The van der Waals surface area contributed by atoms with E-state index in [0.29, 0.717) is 18.5 Å². The first-order chi connectivity index (χ1) is 12.3. The lowest BCUT2D eigenvalue weighted by molar-refractivity contribution is -0.161. The Hall–Kier alpha value is -1.95. The Morgan fingerprint density at radius 2 is 1.92 bits per heavy atom. The van der Waals surface area contributed by atoms with E-state index in [1.54, 1.807) is 0 Å². The van der Waals surface area contributed by atoms with E-state index in [9.17, 15) is 18.8 Å². The van der Waals surface area contributed by atoms with Gasteiger partial charge in [-0.05, 0) is 50.8 Å². The quantitative estimate of drug-likeness (QED) is 0.806. The van der Waals surface area contributed by atoms with Gasteiger partial charge in [-0.3, -0.25) is 14.4 Å². The fraction of sp³-hybridized carbons (Fsp3) is 0.526. The van der Waals surface area contributed by atoms with Crippen LogP contribution < -0.4 is 5.32 Å². The van der Waals surface area contributed by atoms with Gasteiger partial charge in [-0.25, -0.2) is 4.39 Å². The number of carbonyl (C=O) groups is 3. The van der Waals surface area contributed by atoms with Gasteiger partial charge < -0.3 is 10.1 Å². The Bertz CT molecular complexity index is 722. The number of esters is 1. The van der Waals surface area contributed by atoms with E-state index in [-0.39, 0.29) is 28.6 Å². The molecule has 0 saturated heterocycles. The van der Waals surface area contributed by atoms with E-state index in [1.807, 2.05) is 0 Å². The van der Waals surface area contributed by atoms with Crippen LogP contribution in [0.3, 0.4) is 0 Å². The topological polar surface area (TPSA) is 72.5 Å². The van der Waals surface area contributed by atoms with Crippen LogP contribution >= 0.6 is 11.6 Å². The van der Waals surface area contributed by atoms with Gasteiger partial charge in [0.15, 0.2) is 6.10 Å². The molecule has 7 heteroatoms. The zero-order chi connectivity index (χ0) is 18.8. The molecule has 140 valence electrons. The molecule has 2 bridgehead atoms. The van der Waals surface area contributed by atoms with Crippen molar-refractivity contribution in [3.05, 3.63) is 29.0 Å². The lowest BCUT2D eigenvalue weighted by Crippen LogP contribution is -2.41. The Morgan fingerprint density at radius 1 is 1.27 bits per heavy atom. The van der Waals surface area contributed by atoms with E-state index in [4.69, 9.17) is 16.3 Å². The van der Waals surface area contributed by atoms with Gasteiger partial charge in [-0.1, -0.05) is 18.0 Å². The van der Waals surface area contributed by atoms with Gasteiger partial charge in [0, 0.05) is 17.5 Å². The summed E-state index contributed by atoms with van der Waals surface area (Å²) in [5.41, 5.74) is 0.321. The van der Waals surface area contributed by atoms with Crippen molar-refractivity contribution >= 4 is 34.9 Å². The molecular weight excluding hydrogens is 361 g/mol. The van der Waals surface area contributed by atoms with Crippen molar-refractivity contribution in [2.75, 3.05) is 5.32 Å². The normalized spacial score (nSPS) is 26.1. The molecule has 1 aromatic rings. The molecule has 1 amide bonds. The summed E-state index contributed by atoms with van der Waals surface area (Å²) in [6.07, 6.45) is 2.72. The van der Waals surface area contributed by atoms with Crippen molar-refractivity contribution in [1.82, 2.24) is 0 Å². The largest absolute Gasteiger partial charge is 0.452 e. The molecule has 5 nitrogen and oxygen atoms in total. The number of nitrogens with one attached hydrogen (secondary N) is 1. The predicted octanol–water partition coefficient (Wildman–Crippen LogP) is 3.74. The zero-order valence-electron chi connectivity index (χ0n) is 14.5. The molecular formula is C19H21ClFNO4. The fourth-order valence-corrected chi connectivity index (χ4v) is 3.99. The third-order valence-corrected chi connectivity index (χ3v) is 5.52. The number of carbonyl (C=O) groups excluding carboxylic acids is 3. The molecule has 1 N–H and O–H groups in total. The average Bonchev–Trinajstić information content (AvgIpc) is 2.57. The van der Waals surface area contributed by atoms with Gasteiger partial charge in [0.25, 0.3) is 5.91 Å². The second-order valence-electron chi connectivity index (χ2n) is 7.09. The van der Waals surface area contributed by atoms with Gasteiger partial charge in [0.2, 0.25) is 0 Å². The Balaban J connectivity index is 1.56. The number of hydrogen-bond donors (Lipinski definition) is 1. The summed E-state index contributed by atoms with van der Waals surface area (Å²) in [6, 6.07) is 3.81. The summed E-state index contributed by atoms with van der Waals surface area (Å²) in [7, 11) is 0. The number of anilines is 1. The van der Waals surface area contributed by atoms with E-state index >= 15 is 0 Å². The van der Waals surface area contributed by atoms with Crippen LogP contribution in [0.25, 0.3) is 0 Å². The second-order valence-corrected chi connectivity index (χ2v) is 7.50. The first kappa shape index (κ1) is 18.8. The molecule has 2 aliphatic carbocycles. The molecule has 0 radical (unpaired) electrons. The summed E-state index contributed by atoms with van der Waals surface area (Å²) in [5, 5.41) is 2.44. The van der Waals surface area contributed by atoms with Crippen molar-refractivity contribution in [3.63, 3.8) is 0 Å². The summed E-state index contributed by atoms with van der Waals surface area (Å²) in [4.78, 5) is 36.7. The molecule has 0 spiro atoms. The van der Waals surface area contributed by atoms with Gasteiger partial charge in [0.05, 0.1) is 10.9 Å². The predicted molar refractivity (Wildman–Crippen MR) is 94.2 cm³/mol. The first-order valence-corrected chi connectivity index (χ1v) is 9.23. The number of hydrogen-bond acceptors (Lipinski definition) is 4. The number of Topliss-reactive ketones (excluding diaryl/α,β-unsaturated/α-hetero) is 1. The van der Waals surface area contributed by atoms with Crippen LogP contribution in [0.15, 0.2) is 18.2 Å². The zero-order valence-corrected chi connectivity index (χ0v) is 15.2. The standard InChI is InChI=1S/C19H21ClFNO4/c1-10(18(24)22-14-5-6-16(21)15(20)9-14)26-19(25)13-7-11-3-2-4-12(8-13)17(11)23/h5-6,9-13H,2-4,7-8H2,1H3,(H,22,24)/t10-,11-,12+,13?/m1/s1. The highest BCUT2D eigenvalue weighted by Gasteiger charge is 2.42.